The highest BCUT2D eigenvalue weighted by Crippen LogP contribution is 2.37. The molecule has 0 unspecified atom stereocenters. The molecule has 0 aliphatic carbocycles. The number of aromatic nitrogens is 3. The largest absolute Gasteiger partial charge is 0.378 e. The molecule has 9 heteroatoms. The molecule has 8 nitrogen and oxygen atoms in total. The fourth-order valence-corrected chi connectivity index (χ4v) is 4.30. The van der Waals surface area contributed by atoms with E-state index in [4.69, 9.17) is 14.7 Å². The number of hydrogen-bond donors (Lipinski definition) is 2. The molecule has 2 N–H and O–H groups in total. The Labute approximate surface area is 198 Å². The first-order chi connectivity index (χ1) is 16.0. The van der Waals surface area contributed by atoms with Crippen molar-refractivity contribution in [2.75, 3.05) is 42.8 Å². The average Bonchev–Trinajstić information content (AvgIpc) is 2.84. The number of carbonyl (C=O) groups excluding carboxylic acids is 1. The van der Waals surface area contributed by atoms with Crippen LogP contribution in [0.1, 0.15) is 13.8 Å². The molecule has 2 amide bonds. The molecule has 0 atom stereocenters. The summed E-state index contributed by atoms with van der Waals surface area (Å²) in [4.78, 5) is 29.4. The summed E-state index contributed by atoms with van der Waals surface area (Å²) in [6.07, 6.45) is 5.60. The Kier molecular flexibility index (Phi) is 7.41. The van der Waals surface area contributed by atoms with Gasteiger partial charge < -0.3 is 20.3 Å². The number of pyridine rings is 1. The highest BCUT2D eigenvalue weighted by atomic mass is 32.2. The number of nitrogens with zero attached hydrogens (tertiary/aromatic N) is 4. The Balaban J connectivity index is 1.72. The van der Waals surface area contributed by atoms with Crippen molar-refractivity contribution in [3.05, 3.63) is 48.8 Å². The highest BCUT2D eigenvalue weighted by molar-refractivity contribution is 7.98. The lowest BCUT2D eigenvalue weighted by Crippen LogP contribution is -2.37. The van der Waals surface area contributed by atoms with E-state index in [1.165, 1.54) is 0 Å². The van der Waals surface area contributed by atoms with E-state index < -0.39 is 0 Å². The molecule has 2 aromatic heterocycles. The molecule has 172 valence electrons. The first-order valence-electron chi connectivity index (χ1n) is 10.9. The number of amides is 2. The molecule has 0 radical (unpaired) electrons. The zero-order valence-electron chi connectivity index (χ0n) is 19.0. The number of benzene rings is 1. The van der Waals surface area contributed by atoms with Crippen LogP contribution in [0.4, 0.5) is 16.3 Å². The van der Waals surface area contributed by atoms with Crippen LogP contribution >= 0.6 is 11.8 Å². The van der Waals surface area contributed by atoms with Gasteiger partial charge in [-0.2, -0.15) is 0 Å². The van der Waals surface area contributed by atoms with E-state index in [2.05, 4.69) is 26.8 Å². The van der Waals surface area contributed by atoms with Crippen molar-refractivity contribution in [2.45, 2.75) is 24.8 Å². The Morgan fingerprint density at radius 1 is 1.03 bits per heavy atom. The monoisotopic (exact) mass is 464 g/mol. The lowest BCUT2D eigenvalue weighted by Gasteiger charge is -2.30. The topological polar surface area (TPSA) is 92.3 Å². The van der Waals surface area contributed by atoms with Crippen molar-refractivity contribution < 1.29 is 9.53 Å². The van der Waals surface area contributed by atoms with Crippen LogP contribution in [0.2, 0.25) is 0 Å². The Morgan fingerprint density at radius 3 is 2.36 bits per heavy atom. The summed E-state index contributed by atoms with van der Waals surface area (Å²) in [5.74, 6) is 1.56. The van der Waals surface area contributed by atoms with Crippen molar-refractivity contribution in [3.8, 4) is 22.6 Å². The SMILES string of the molecule is CSc1c(-c2ccncc2)nc(-c2ccc(NC(=O)NC(C)C)cc2)nc1N1CCOCC1. The highest BCUT2D eigenvalue weighted by Gasteiger charge is 2.22. The van der Waals surface area contributed by atoms with E-state index >= 15 is 0 Å². The van der Waals surface area contributed by atoms with E-state index in [9.17, 15) is 4.79 Å². The van der Waals surface area contributed by atoms with E-state index in [1.54, 1.807) is 24.2 Å². The van der Waals surface area contributed by atoms with Crippen LogP contribution in [0.25, 0.3) is 22.6 Å². The van der Waals surface area contributed by atoms with E-state index in [0.717, 1.165) is 40.6 Å². The molecule has 3 aromatic rings. The predicted octanol–water partition coefficient (Wildman–Crippen LogP) is 4.29. The van der Waals surface area contributed by atoms with E-state index in [1.807, 2.05) is 50.2 Å². The second-order valence-electron chi connectivity index (χ2n) is 7.92. The maximum atomic E-state index is 12.0. The standard InChI is InChI=1S/C24H28N6O2S/c1-16(2)26-24(31)27-19-6-4-18(5-7-19)22-28-20(17-8-10-25-11-9-17)21(33-3)23(29-22)30-12-14-32-15-13-30/h4-11,16H,12-15H2,1-3H3,(H2,26,27,31). The smallest absolute Gasteiger partial charge is 0.319 e. The third-order valence-corrected chi connectivity index (χ3v) is 5.92. The van der Waals surface area contributed by atoms with Gasteiger partial charge in [0.1, 0.15) is 5.82 Å². The van der Waals surface area contributed by atoms with Gasteiger partial charge in [0.2, 0.25) is 0 Å². The molecule has 4 rings (SSSR count). The van der Waals surface area contributed by atoms with Gasteiger partial charge in [0.15, 0.2) is 5.82 Å². The first kappa shape index (κ1) is 23.0. The van der Waals surface area contributed by atoms with Gasteiger partial charge in [-0.05, 0) is 56.5 Å². The first-order valence-corrected chi connectivity index (χ1v) is 12.1. The number of nitrogens with one attached hydrogen (secondary N) is 2. The summed E-state index contributed by atoms with van der Waals surface area (Å²) in [5, 5.41) is 5.67. The van der Waals surface area contributed by atoms with Gasteiger partial charge in [-0.3, -0.25) is 4.98 Å². The molecule has 1 fully saturated rings. The van der Waals surface area contributed by atoms with Gasteiger partial charge in [-0.1, -0.05) is 0 Å². The summed E-state index contributed by atoms with van der Waals surface area (Å²) in [6.45, 7) is 6.77. The molecule has 0 saturated carbocycles. The molecule has 33 heavy (non-hydrogen) atoms. The second kappa shape index (κ2) is 10.6. The number of ether oxygens (including phenoxy) is 1. The average molecular weight is 465 g/mol. The van der Waals surface area contributed by atoms with Gasteiger partial charge in [-0.25, -0.2) is 14.8 Å². The zero-order valence-corrected chi connectivity index (χ0v) is 19.9. The van der Waals surface area contributed by atoms with Crippen LogP contribution in [-0.2, 0) is 4.74 Å². The molecular formula is C24H28N6O2S. The van der Waals surface area contributed by atoms with Crippen LogP contribution in [0.15, 0.2) is 53.7 Å². The Hall–Kier alpha value is -3.17. The van der Waals surface area contributed by atoms with Crippen molar-refractivity contribution in [1.82, 2.24) is 20.3 Å². The molecule has 1 aromatic carbocycles. The maximum absolute atomic E-state index is 12.0. The fraction of sp³-hybridized carbons (Fsp3) is 0.333. The van der Waals surface area contributed by atoms with E-state index in [-0.39, 0.29) is 12.1 Å². The lowest BCUT2D eigenvalue weighted by molar-refractivity contribution is 0.122. The maximum Gasteiger partial charge on any atom is 0.319 e. The number of thioether (sulfide) groups is 1. The number of carbonyl (C=O) groups is 1. The van der Waals surface area contributed by atoms with Crippen LogP contribution in [0.5, 0.6) is 0 Å². The van der Waals surface area contributed by atoms with Crippen molar-refractivity contribution in [3.63, 3.8) is 0 Å². The third kappa shape index (κ3) is 5.61. The van der Waals surface area contributed by atoms with Crippen LogP contribution in [-0.4, -0.2) is 59.6 Å². The van der Waals surface area contributed by atoms with Gasteiger partial charge in [-0.15, -0.1) is 11.8 Å². The predicted molar refractivity (Wildman–Crippen MR) is 133 cm³/mol. The van der Waals surface area contributed by atoms with Crippen molar-refractivity contribution in [1.29, 1.82) is 0 Å². The summed E-state index contributed by atoms with van der Waals surface area (Å²) >= 11 is 1.65. The fourth-order valence-electron chi connectivity index (χ4n) is 3.58. The molecule has 1 aliphatic heterocycles. The number of hydrogen-bond acceptors (Lipinski definition) is 7. The lowest BCUT2D eigenvalue weighted by atomic mass is 10.1. The summed E-state index contributed by atoms with van der Waals surface area (Å²) in [6, 6.07) is 11.4. The molecule has 1 saturated heterocycles. The summed E-state index contributed by atoms with van der Waals surface area (Å²) in [5.41, 5.74) is 3.47. The van der Waals surface area contributed by atoms with Gasteiger partial charge in [0.25, 0.3) is 0 Å². The molecule has 1 aliphatic rings. The molecule has 3 heterocycles. The van der Waals surface area contributed by atoms with Crippen LogP contribution in [0, 0.1) is 0 Å². The minimum Gasteiger partial charge on any atom is -0.378 e. The summed E-state index contributed by atoms with van der Waals surface area (Å²) in [7, 11) is 0. The van der Waals surface area contributed by atoms with Gasteiger partial charge in [0, 0.05) is 48.3 Å². The number of rotatable bonds is 6. The Bertz CT molecular complexity index is 1090. The van der Waals surface area contributed by atoms with Gasteiger partial charge in [0.05, 0.1) is 23.8 Å². The molecule has 0 bridgehead atoms. The van der Waals surface area contributed by atoms with Crippen molar-refractivity contribution >= 4 is 29.3 Å². The molecular weight excluding hydrogens is 436 g/mol. The van der Waals surface area contributed by atoms with Gasteiger partial charge >= 0.3 is 6.03 Å². The van der Waals surface area contributed by atoms with Crippen LogP contribution in [0.3, 0.4) is 0 Å². The Morgan fingerprint density at radius 2 is 1.73 bits per heavy atom. The van der Waals surface area contributed by atoms with E-state index in [0.29, 0.717) is 24.7 Å². The normalized spacial score (nSPS) is 13.8. The summed E-state index contributed by atoms with van der Waals surface area (Å²) < 4.78 is 5.55. The number of morpholine rings is 1. The van der Waals surface area contributed by atoms with Crippen LogP contribution < -0.4 is 15.5 Å². The second-order valence-corrected chi connectivity index (χ2v) is 8.73. The minimum absolute atomic E-state index is 0.0674. The number of anilines is 2. The molecule has 0 spiro atoms. The number of urea groups is 1. The minimum atomic E-state index is -0.229. The van der Waals surface area contributed by atoms with Crippen molar-refractivity contribution in [2.24, 2.45) is 0 Å². The third-order valence-electron chi connectivity index (χ3n) is 5.14. The zero-order chi connectivity index (χ0) is 23.2. The quantitative estimate of drug-likeness (QED) is 0.526.